The van der Waals surface area contributed by atoms with Gasteiger partial charge in [0.05, 0.1) is 4.92 Å². The van der Waals surface area contributed by atoms with E-state index < -0.39 is 10.8 Å². The van der Waals surface area contributed by atoms with E-state index in [-0.39, 0.29) is 17.2 Å². The Morgan fingerprint density at radius 2 is 1.92 bits per heavy atom. The zero-order chi connectivity index (χ0) is 17.4. The summed E-state index contributed by atoms with van der Waals surface area (Å²) >= 11 is 0. The summed E-state index contributed by atoms with van der Waals surface area (Å²) in [7, 11) is 0. The van der Waals surface area contributed by atoms with E-state index in [0.29, 0.717) is 6.42 Å². The van der Waals surface area contributed by atoms with Crippen LogP contribution in [0.3, 0.4) is 0 Å². The first-order chi connectivity index (χ1) is 11.6. The molecule has 0 aliphatic heterocycles. The second-order valence-corrected chi connectivity index (χ2v) is 6.21. The zero-order valence-electron chi connectivity index (χ0n) is 13.6. The van der Waals surface area contributed by atoms with Crippen molar-refractivity contribution in [2.75, 3.05) is 0 Å². The Morgan fingerprint density at radius 3 is 2.62 bits per heavy atom. The third-order valence-electron chi connectivity index (χ3n) is 4.38. The topological polar surface area (TPSA) is 101 Å². The van der Waals surface area contributed by atoms with Crippen molar-refractivity contribution < 1.29 is 14.5 Å². The van der Waals surface area contributed by atoms with Crippen LogP contribution < -0.4 is 10.9 Å². The summed E-state index contributed by atoms with van der Waals surface area (Å²) in [5.74, 6) is -0.0880. The maximum absolute atomic E-state index is 11.9. The van der Waals surface area contributed by atoms with Crippen LogP contribution in [-0.4, -0.2) is 16.7 Å². The summed E-state index contributed by atoms with van der Waals surface area (Å²) in [6.45, 7) is 0. The van der Waals surface area contributed by atoms with E-state index in [0.717, 1.165) is 18.8 Å². The first kappa shape index (κ1) is 17.9. The Morgan fingerprint density at radius 1 is 1.17 bits per heavy atom. The summed E-state index contributed by atoms with van der Waals surface area (Å²) in [4.78, 5) is 33.8. The number of nitrogens with one attached hydrogen (secondary N) is 2. The van der Waals surface area contributed by atoms with Gasteiger partial charge in [0.25, 0.3) is 11.6 Å². The van der Waals surface area contributed by atoms with Gasteiger partial charge in [0.2, 0.25) is 5.91 Å². The maximum atomic E-state index is 11.9. The van der Waals surface area contributed by atoms with Gasteiger partial charge in [-0.25, -0.2) is 0 Å². The van der Waals surface area contributed by atoms with Gasteiger partial charge in [-0.2, -0.15) is 0 Å². The Balaban J connectivity index is 1.70. The molecule has 1 aromatic rings. The summed E-state index contributed by atoms with van der Waals surface area (Å²) in [5.41, 5.74) is 4.62. The predicted molar refractivity (Wildman–Crippen MR) is 89.1 cm³/mol. The van der Waals surface area contributed by atoms with Crippen molar-refractivity contribution >= 4 is 17.5 Å². The van der Waals surface area contributed by atoms with Crippen molar-refractivity contribution in [3.05, 3.63) is 39.9 Å². The number of amides is 2. The van der Waals surface area contributed by atoms with Gasteiger partial charge in [0.15, 0.2) is 0 Å². The molecule has 2 rings (SSSR count). The highest BCUT2D eigenvalue weighted by molar-refractivity contribution is 5.95. The first-order valence-electron chi connectivity index (χ1n) is 8.40. The molecule has 2 N–H and O–H groups in total. The van der Waals surface area contributed by atoms with E-state index in [2.05, 4.69) is 10.9 Å². The van der Waals surface area contributed by atoms with Crippen LogP contribution in [0.25, 0.3) is 0 Å². The molecule has 0 atom stereocenters. The largest absolute Gasteiger partial charge is 0.273 e. The molecule has 1 aromatic carbocycles. The molecule has 0 bridgehead atoms. The van der Waals surface area contributed by atoms with E-state index in [4.69, 9.17) is 0 Å². The van der Waals surface area contributed by atoms with Crippen molar-refractivity contribution in [1.82, 2.24) is 10.9 Å². The van der Waals surface area contributed by atoms with E-state index in [1.54, 1.807) is 0 Å². The molecule has 0 aromatic heterocycles. The molecular weight excluding hydrogens is 310 g/mol. The molecule has 1 aliphatic rings. The molecular formula is C17H23N3O4. The number of nitro groups is 1. The SMILES string of the molecule is O=C(CCCC1CCCCC1)NNC(=O)c1cccc([N+](=O)[O-])c1. The highest BCUT2D eigenvalue weighted by atomic mass is 16.6. The van der Waals surface area contributed by atoms with E-state index in [9.17, 15) is 19.7 Å². The molecule has 0 saturated heterocycles. The van der Waals surface area contributed by atoms with Gasteiger partial charge < -0.3 is 0 Å². The number of carbonyl (C=O) groups is 2. The van der Waals surface area contributed by atoms with E-state index >= 15 is 0 Å². The minimum atomic E-state index is -0.570. The minimum absolute atomic E-state index is 0.131. The van der Waals surface area contributed by atoms with Crippen molar-refractivity contribution in [2.24, 2.45) is 5.92 Å². The summed E-state index contributed by atoms with van der Waals surface area (Å²) < 4.78 is 0. The fraction of sp³-hybridized carbons (Fsp3) is 0.529. The molecule has 1 saturated carbocycles. The number of rotatable bonds is 6. The fourth-order valence-electron chi connectivity index (χ4n) is 3.05. The lowest BCUT2D eigenvalue weighted by molar-refractivity contribution is -0.384. The Bertz CT molecular complexity index is 597. The van der Waals surface area contributed by atoms with Crippen LogP contribution in [0.5, 0.6) is 0 Å². The van der Waals surface area contributed by atoms with Crippen LogP contribution in [0.2, 0.25) is 0 Å². The standard InChI is InChI=1S/C17H23N3O4/c21-16(11-4-8-13-6-2-1-3-7-13)18-19-17(22)14-9-5-10-15(12-14)20(23)24/h5,9-10,12-13H,1-4,6-8,11H2,(H,18,21)(H,19,22). The van der Waals surface area contributed by atoms with Crippen molar-refractivity contribution in [3.8, 4) is 0 Å². The molecule has 0 heterocycles. The second kappa shape index (κ2) is 9.00. The quantitative estimate of drug-likeness (QED) is 0.617. The normalized spacial score (nSPS) is 14.8. The lowest BCUT2D eigenvalue weighted by Gasteiger charge is -2.21. The Hall–Kier alpha value is -2.44. The average Bonchev–Trinajstić information content (AvgIpc) is 2.60. The smallest absolute Gasteiger partial charge is 0.270 e. The van der Waals surface area contributed by atoms with Crippen molar-refractivity contribution in [1.29, 1.82) is 0 Å². The van der Waals surface area contributed by atoms with Gasteiger partial charge in [-0.1, -0.05) is 38.2 Å². The van der Waals surface area contributed by atoms with Gasteiger partial charge in [-0.3, -0.25) is 30.6 Å². The van der Waals surface area contributed by atoms with Crippen LogP contribution in [0.15, 0.2) is 24.3 Å². The molecule has 7 heteroatoms. The highest BCUT2D eigenvalue weighted by Crippen LogP contribution is 2.27. The molecule has 0 spiro atoms. The first-order valence-corrected chi connectivity index (χ1v) is 8.40. The lowest BCUT2D eigenvalue weighted by atomic mass is 9.86. The minimum Gasteiger partial charge on any atom is -0.273 e. The molecule has 130 valence electrons. The molecule has 1 aliphatic carbocycles. The number of carbonyl (C=O) groups excluding carboxylic acids is 2. The number of nitrogens with zero attached hydrogens (tertiary/aromatic N) is 1. The van der Waals surface area contributed by atoms with Gasteiger partial charge in [0, 0.05) is 24.1 Å². The number of nitro benzene ring substituents is 1. The van der Waals surface area contributed by atoms with Crippen molar-refractivity contribution in [2.45, 2.75) is 51.4 Å². The van der Waals surface area contributed by atoms with Gasteiger partial charge in [-0.15, -0.1) is 0 Å². The summed E-state index contributed by atoms with van der Waals surface area (Å²) in [6.07, 6.45) is 8.63. The van der Waals surface area contributed by atoms with Crippen LogP contribution >= 0.6 is 0 Å². The van der Waals surface area contributed by atoms with Gasteiger partial charge >= 0.3 is 0 Å². The van der Waals surface area contributed by atoms with Gasteiger partial charge in [0.1, 0.15) is 0 Å². The maximum Gasteiger partial charge on any atom is 0.270 e. The Kier molecular flexibility index (Phi) is 6.72. The van der Waals surface area contributed by atoms with Crippen LogP contribution in [0, 0.1) is 16.0 Å². The number of hydrazine groups is 1. The summed E-state index contributed by atoms with van der Waals surface area (Å²) in [6, 6.07) is 5.36. The zero-order valence-corrected chi connectivity index (χ0v) is 13.6. The van der Waals surface area contributed by atoms with Crippen molar-refractivity contribution in [3.63, 3.8) is 0 Å². The summed E-state index contributed by atoms with van der Waals surface area (Å²) in [5, 5.41) is 10.7. The molecule has 2 amide bonds. The number of non-ortho nitro benzene ring substituents is 1. The van der Waals surface area contributed by atoms with Crippen LogP contribution in [-0.2, 0) is 4.79 Å². The second-order valence-electron chi connectivity index (χ2n) is 6.21. The predicted octanol–water partition coefficient (Wildman–Crippen LogP) is 3.11. The van der Waals surface area contributed by atoms with E-state index in [1.807, 2.05) is 0 Å². The molecule has 7 nitrogen and oxygen atoms in total. The lowest BCUT2D eigenvalue weighted by Crippen LogP contribution is -2.41. The average molecular weight is 333 g/mol. The molecule has 1 fully saturated rings. The van der Waals surface area contributed by atoms with Crippen LogP contribution in [0.1, 0.15) is 61.7 Å². The fourth-order valence-corrected chi connectivity index (χ4v) is 3.05. The molecule has 24 heavy (non-hydrogen) atoms. The third-order valence-corrected chi connectivity index (χ3v) is 4.38. The molecule has 0 unspecified atom stereocenters. The Labute approximate surface area is 140 Å². The number of benzene rings is 1. The van der Waals surface area contributed by atoms with Crippen LogP contribution in [0.4, 0.5) is 5.69 Å². The van der Waals surface area contributed by atoms with Gasteiger partial charge in [-0.05, 0) is 24.8 Å². The molecule has 0 radical (unpaired) electrons. The third kappa shape index (κ3) is 5.64. The number of hydrogen-bond acceptors (Lipinski definition) is 4. The highest BCUT2D eigenvalue weighted by Gasteiger charge is 2.14. The van der Waals surface area contributed by atoms with E-state index in [1.165, 1.54) is 56.4 Å². The monoisotopic (exact) mass is 333 g/mol. The number of hydrogen-bond donors (Lipinski definition) is 2.